The number of ether oxygens (including phenoxy) is 1. The van der Waals surface area contributed by atoms with Gasteiger partial charge in [-0.1, -0.05) is 65.2 Å². The van der Waals surface area contributed by atoms with Crippen LogP contribution in [0.4, 0.5) is 0 Å². The van der Waals surface area contributed by atoms with E-state index in [2.05, 4.69) is 62.5 Å². The second-order valence-electron chi connectivity index (χ2n) is 8.18. The van der Waals surface area contributed by atoms with Gasteiger partial charge < -0.3 is 10.1 Å². The molecular formula is C24H29BrN2O2. The fourth-order valence-electron chi connectivity index (χ4n) is 4.53. The highest BCUT2D eigenvalue weighted by Gasteiger charge is 2.42. The van der Waals surface area contributed by atoms with E-state index in [4.69, 9.17) is 4.74 Å². The van der Waals surface area contributed by atoms with Crippen LogP contribution in [-0.4, -0.2) is 37.1 Å². The number of nitrogens with one attached hydrogen (secondary N) is 1. The molecule has 0 spiro atoms. The number of carbonyl (C=O) groups excluding carboxylic acids is 1. The number of morpholine rings is 1. The topological polar surface area (TPSA) is 41.6 Å². The van der Waals surface area contributed by atoms with Crippen LogP contribution < -0.4 is 5.32 Å². The Balaban J connectivity index is 1.37. The Kier molecular flexibility index (Phi) is 6.68. The largest absolute Gasteiger partial charge is 0.379 e. The zero-order chi connectivity index (χ0) is 20.1. The van der Waals surface area contributed by atoms with Gasteiger partial charge in [-0.25, -0.2) is 0 Å². The first-order valence-corrected chi connectivity index (χ1v) is 11.4. The molecule has 4 nitrogen and oxygen atoms in total. The lowest BCUT2D eigenvalue weighted by molar-refractivity contribution is -0.126. The van der Waals surface area contributed by atoms with Gasteiger partial charge in [0, 0.05) is 30.7 Å². The highest BCUT2D eigenvalue weighted by Crippen LogP contribution is 2.41. The number of benzene rings is 2. The predicted molar refractivity (Wildman–Crippen MR) is 119 cm³/mol. The van der Waals surface area contributed by atoms with Crippen LogP contribution in [0.1, 0.15) is 42.4 Å². The van der Waals surface area contributed by atoms with E-state index in [1.165, 1.54) is 5.56 Å². The van der Waals surface area contributed by atoms with Crippen molar-refractivity contribution in [2.24, 2.45) is 0 Å². The summed E-state index contributed by atoms with van der Waals surface area (Å²) in [4.78, 5) is 15.6. The predicted octanol–water partition coefficient (Wildman–Crippen LogP) is 4.41. The lowest BCUT2D eigenvalue weighted by Crippen LogP contribution is -2.42. The van der Waals surface area contributed by atoms with E-state index in [1.54, 1.807) is 0 Å². The molecule has 1 aliphatic heterocycles. The number of hydrogen-bond acceptors (Lipinski definition) is 3. The van der Waals surface area contributed by atoms with Gasteiger partial charge in [0.25, 0.3) is 0 Å². The van der Waals surface area contributed by atoms with Crippen LogP contribution in [0.2, 0.25) is 0 Å². The zero-order valence-electron chi connectivity index (χ0n) is 16.8. The van der Waals surface area contributed by atoms with Gasteiger partial charge in [-0.05, 0) is 41.7 Å². The fraction of sp³-hybridized carbons (Fsp3) is 0.458. The van der Waals surface area contributed by atoms with Gasteiger partial charge in [-0.2, -0.15) is 0 Å². The third-order valence-electron chi connectivity index (χ3n) is 6.27. The Bertz CT molecular complexity index is 808. The lowest BCUT2D eigenvalue weighted by atomic mass is 9.78. The van der Waals surface area contributed by atoms with Crippen molar-refractivity contribution in [3.8, 4) is 0 Å². The number of carbonyl (C=O) groups is 1. The number of rotatable bonds is 6. The summed E-state index contributed by atoms with van der Waals surface area (Å²) in [6.07, 6.45) is 4.08. The van der Waals surface area contributed by atoms with E-state index in [1.807, 2.05) is 12.1 Å². The minimum Gasteiger partial charge on any atom is -0.379 e. The molecule has 2 fully saturated rings. The SMILES string of the molecule is O=C(NCc1ccc(CN2CCOCC2)cc1)C1(c2ccc(Br)cc2)CCCC1. The molecule has 1 saturated carbocycles. The monoisotopic (exact) mass is 456 g/mol. The van der Waals surface area contributed by atoms with Crippen molar-refractivity contribution in [1.29, 1.82) is 0 Å². The Labute approximate surface area is 181 Å². The average molecular weight is 457 g/mol. The van der Waals surface area contributed by atoms with E-state index in [0.717, 1.165) is 74.1 Å². The Morgan fingerprint density at radius 1 is 0.966 bits per heavy atom. The van der Waals surface area contributed by atoms with Crippen LogP contribution in [0.5, 0.6) is 0 Å². The molecule has 5 heteroatoms. The average Bonchev–Trinajstić information content (AvgIpc) is 3.25. The molecule has 4 rings (SSSR count). The normalized spacial score (nSPS) is 19.2. The summed E-state index contributed by atoms with van der Waals surface area (Å²) >= 11 is 3.50. The molecule has 1 saturated heterocycles. The van der Waals surface area contributed by atoms with Gasteiger partial charge >= 0.3 is 0 Å². The molecule has 0 atom stereocenters. The van der Waals surface area contributed by atoms with Crippen molar-refractivity contribution in [3.63, 3.8) is 0 Å². The molecule has 1 aliphatic carbocycles. The van der Waals surface area contributed by atoms with Gasteiger partial charge in [0.2, 0.25) is 5.91 Å². The van der Waals surface area contributed by atoms with E-state index < -0.39 is 0 Å². The van der Waals surface area contributed by atoms with Gasteiger partial charge in [-0.3, -0.25) is 9.69 Å². The van der Waals surface area contributed by atoms with E-state index in [0.29, 0.717) is 6.54 Å². The molecule has 2 aromatic carbocycles. The summed E-state index contributed by atoms with van der Waals surface area (Å²) in [7, 11) is 0. The van der Waals surface area contributed by atoms with Crippen LogP contribution >= 0.6 is 15.9 Å². The number of nitrogens with zero attached hydrogens (tertiary/aromatic N) is 1. The van der Waals surface area contributed by atoms with Gasteiger partial charge in [0.1, 0.15) is 0 Å². The Morgan fingerprint density at radius 3 is 2.24 bits per heavy atom. The van der Waals surface area contributed by atoms with Crippen molar-refractivity contribution in [1.82, 2.24) is 10.2 Å². The summed E-state index contributed by atoms with van der Waals surface area (Å²) in [6.45, 7) is 5.18. The second-order valence-corrected chi connectivity index (χ2v) is 9.10. The van der Waals surface area contributed by atoms with Gasteiger partial charge in [-0.15, -0.1) is 0 Å². The summed E-state index contributed by atoms with van der Waals surface area (Å²) in [5.74, 6) is 0.162. The first-order valence-electron chi connectivity index (χ1n) is 10.6. The van der Waals surface area contributed by atoms with E-state index in [-0.39, 0.29) is 11.3 Å². The van der Waals surface area contributed by atoms with Crippen LogP contribution in [0.25, 0.3) is 0 Å². The van der Waals surface area contributed by atoms with Crippen LogP contribution in [0, 0.1) is 0 Å². The molecule has 0 aromatic heterocycles. The number of amides is 1. The summed E-state index contributed by atoms with van der Waals surface area (Å²) in [6, 6.07) is 16.9. The second kappa shape index (κ2) is 9.41. The quantitative estimate of drug-likeness (QED) is 0.699. The maximum absolute atomic E-state index is 13.2. The number of hydrogen-bond donors (Lipinski definition) is 1. The van der Waals surface area contributed by atoms with Crippen LogP contribution in [0.3, 0.4) is 0 Å². The van der Waals surface area contributed by atoms with Crippen LogP contribution in [0.15, 0.2) is 53.0 Å². The third kappa shape index (κ3) is 4.90. The first kappa shape index (κ1) is 20.6. The lowest BCUT2D eigenvalue weighted by Gasteiger charge is -2.28. The molecule has 154 valence electrons. The molecule has 0 unspecified atom stereocenters. The van der Waals surface area contributed by atoms with Crippen molar-refractivity contribution in [2.45, 2.75) is 44.2 Å². The Morgan fingerprint density at radius 2 is 1.59 bits per heavy atom. The van der Waals surface area contributed by atoms with Crippen molar-refractivity contribution in [2.75, 3.05) is 26.3 Å². The Hall–Kier alpha value is -1.69. The molecule has 2 aliphatic rings. The highest BCUT2D eigenvalue weighted by atomic mass is 79.9. The van der Waals surface area contributed by atoms with Crippen molar-refractivity contribution in [3.05, 3.63) is 69.7 Å². The first-order chi connectivity index (χ1) is 14.2. The third-order valence-corrected chi connectivity index (χ3v) is 6.80. The summed E-state index contributed by atoms with van der Waals surface area (Å²) < 4.78 is 6.46. The molecule has 2 aromatic rings. The van der Waals surface area contributed by atoms with E-state index in [9.17, 15) is 4.79 Å². The molecule has 0 bridgehead atoms. The smallest absolute Gasteiger partial charge is 0.230 e. The van der Waals surface area contributed by atoms with Crippen molar-refractivity contribution < 1.29 is 9.53 Å². The van der Waals surface area contributed by atoms with Crippen molar-refractivity contribution >= 4 is 21.8 Å². The molecular weight excluding hydrogens is 428 g/mol. The fourth-order valence-corrected chi connectivity index (χ4v) is 4.79. The summed E-state index contributed by atoms with van der Waals surface area (Å²) in [5.41, 5.74) is 3.21. The molecule has 1 amide bonds. The van der Waals surface area contributed by atoms with Crippen LogP contribution in [-0.2, 0) is 28.0 Å². The van der Waals surface area contributed by atoms with Gasteiger partial charge in [0.05, 0.1) is 18.6 Å². The minimum absolute atomic E-state index is 0.162. The number of halogens is 1. The maximum atomic E-state index is 13.2. The summed E-state index contributed by atoms with van der Waals surface area (Å²) in [5, 5.41) is 3.22. The molecule has 1 heterocycles. The van der Waals surface area contributed by atoms with E-state index >= 15 is 0 Å². The molecule has 29 heavy (non-hydrogen) atoms. The zero-order valence-corrected chi connectivity index (χ0v) is 18.4. The molecule has 0 radical (unpaired) electrons. The minimum atomic E-state index is -0.378. The standard InChI is InChI=1S/C24H29BrN2O2/c25-22-9-7-21(8-10-22)24(11-1-2-12-24)23(28)26-17-19-3-5-20(6-4-19)18-27-13-15-29-16-14-27/h3-10H,1-2,11-18H2,(H,26,28). The molecule has 1 N–H and O–H groups in total. The highest BCUT2D eigenvalue weighted by molar-refractivity contribution is 9.10. The maximum Gasteiger partial charge on any atom is 0.230 e. The van der Waals surface area contributed by atoms with Gasteiger partial charge in [0.15, 0.2) is 0 Å².